The van der Waals surface area contributed by atoms with Gasteiger partial charge in [0.2, 0.25) is 0 Å². The summed E-state index contributed by atoms with van der Waals surface area (Å²) in [6.07, 6.45) is 3.50. The van der Waals surface area contributed by atoms with Gasteiger partial charge in [0.15, 0.2) is 0 Å². The molecule has 19 heavy (non-hydrogen) atoms. The van der Waals surface area contributed by atoms with Crippen molar-refractivity contribution in [2.75, 3.05) is 26.8 Å². The van der Waals surface area contributed by atoms with E-state index in [1.165, 1.54) is 24.0 Å². The molecule has 0 saturated carbocycles. The van der Waals surface area contributed by atoms with Gasteiger partial charge < -0.3 is 10.1 Å². The molecule has 0 spiro atoms. The first kappa shape index (κ1) is 14.5. The average Bonchev–Trinajstić information content (AvgIpc) is 2.40. The molecule has 0 amide bonds. The Morgan fingerprint density at radius 3 is 2.32 bits per heavy atom. The standard InChI is InChI=1S/C17H27NO/c1-14(2)16-6-4-15(5-7-16)12-17(13-18-3)8-10-19-11-9-17/h4-7,14,18H,8-13H2,1-3H3. The molecule has 1 aliphatic heterocycles. The maximum absolute atomic E-state index is 5.53. The van der Waals surface area contributed by atoms with Crippen LogP contribution in [-0.4, -0.2) is 26.8 Å². The van der Waals surface area contributed by atoms with E-state index in [-0.39, 0.29) is 0 Å². The highest BCUT2D eigenvalue weighted by Crippen LogP contribution is 2.34. The van der Waals surface area contributed by atoms with Crippen LogP contribution in [0.2, 0.25) is 0 Å². The average molecular weight is 261 g/mol. The highest BCUT2D eigenvalue weighted by Gasteiger charge is 2.32. The van der Waals surface area contributed by atoms with Crippen molar-refractivity contribution >= 4 is 0 Å². The SMILES string of the molecule is CNCC1(Cc2ccc(C(C)C)cc2)CCOCC1. The van der Waals surface area contributed by atoms with E-state index in [2.05, 4.69) is 50.5 Å². The molecule has 0 atom stereocenters. The fourth-order valence-electron chi connectivity index (χ4n) is 3.05. The Hall–Kier alpha value is -0.860. The minimum Gasteiger partial charge on any atom is -0.381 e. The maximum Gasteiger partial charge on any atom is 0.0471 e. The Labute approximate surface area is 117 Å². The van der Waals surface area contributed by atoms with Gasteiger partial charge in [-0.05, 0) is 48.8 Å². The molecule has 2 rings (SSSR count). The molecule has 2 nitrogen and oxygen atoms in total. The fourth-order valence-corrected chi connectivity index (χ4v) is 3.05. The van der Waals surface area contributed by atoms with E-state index in [9.17, 15) is 0 Å². The van der Waals surface area contributed by atoms with Gasteiger partial charge in [-0.15, -0.1) is 0 Å². The first-order valence-corrected chi connectivity index (χ1v) is 7.46. The lowest BCUT2D eigenvalue weighted by Gasteiger charge is -2.37. The highest BCUT2D eigenvalue weighted by molar-refractivity contribution is 5.25. The zero-order valence-corrected chi connectivity index (χ0v) is 12.5. The van der Waals surface area contributed by atoms with Crippen LogP contribution in [0.5, 0.6) is 0 Å². The summed E-state index contributed by atoms with van der Waals surface area (Å²) < 4.78 is 5.53. The van der Waals surface area contributed by atoms with E-state index in [1.807, 2.05) is 0 Å². The normalized spacial score (nSPS) is 18.7. The Bertz CT molecular complexity index is 371. The minimum atomic E-state index is 0.381. The zero-order chi connectivity index (χ0) is 13.7. The summed E-state index contributed by atoms with van der Waals surface area (Å²) >= 11 is 0. The second kappa shape index (κ2) is 6.53. The Kier molecular flexibility index (Phi) is 5.00. The molecule has 106 valence electrons. The molecule has 1 aromatic carbocycles. The molecule has 2 heteroatoms. The van der Waals surface area contributed by atoms with E-state index in [1.54, 1.807) is 0 Å². The van der Waals surface area contributed by atoms with Crippen LogP contribution in [0.1, 0.15) is 43.7 Å². The van der Waals surface area contributed by atoms with Crippen molar-refractivity contribution in [1.82, 2.24) is 5.32 Å². The van der Waals surface area contributed by atoms with Gasteiger partial charge in [-0.3, -0.25) is 0 Å². The van der Waals surface area contributed by atoms with Gasteiger partial charge >= 0.3 is 0 Å². The summed E-state index contributed by atoms with van der Waals surface area (Å²) in [5.41, 5.74) is 3.27. The molecule has 1 N–H and O–H groups in total. The summed E-state index contributed by atoms with van der Waals surface area (Å²) in [5, 5.41) is 3.37. The van der Waals surface area contributed by atoms with Crippen LogP contribution >= 0.6 is 0 Å². The van der Waals surface area contributed by atoms with Gasteiger partial charge in [0, 0.05) is 19.8 Å². The summed E-state index contributed by atoms with van der Waals surface area (Å²) in [5.74, 6) is 0.614. The van der Waals surface area contributed by atoms with Gasteiger partial charge in [-0.25, -0.2) is 0 Å². The molecule has 0 aliphatic carbocycles. The number of benzene rings is 1. The monoisotopic (exact) mass is 261 g/mol. The number of rotatable bonds is 5. The van der Waals surface area contributed by atoms with E-state index in [0.29, 0.717) is 11.3 Å². The van der Waals surface area contributed by atoms with Gasteiger partial charge in [0.05, 0.1) is 0 Å². The molecule has 0 aromatic heterocycles. The van der Waals surface area contributed by atoms with Crippen molar-refractivity contribution in [1.29, 1.82) is 0 Å². The Morgan fingerprint density at radius 1 is 1.16 bits per heavy atom. The minimum absolute atomic E-state index is 0.381. The number of ether oxygens (including phenoxy) is 1. The quantitative estimate of drug-likeness (QED) is 0.877. The molecule has 1 fully saturated rings. The zero-order valence-electron chi connectivity index (χ0n) is 12.5. The van der Waals surface area contributed by atoms with Gasteiger partial charge in [0.25, 0.3) is 0 Å². The van der Waals surface area contributed by atoms with Crippen LogP contribution in [0, 0.1) is 5.41 Å². The molecule has 1 aliphatic rings. The highest BCUT2D eigenvalue weighted by atomic mass is 16.5. The predicted molar refractivity (Wildman–Crippen MR) is 80.6 cm³/mol. The topological polar surface area (TPSA) is 21.3 Å². The number of hydrogen-bond donors (Lipinski definition) is 1. The molecule has 1 aromatic rings. The number of nitrogens with one attached hydrogen (secondary N) is 1. The lowest BCUT2D eigenvalue weighted by molar-refractivity contribution is 0.0158. The lowest BCUT2D eigenvalue weighted by Crippen LogP contribution is -2.39. The molecule has 0 unspecified atom stereocenters. The van der Waals surface area contributed by atoms with E-state index in [4.69, 9.17) is 4.74 Å². The molecule has 0 radical (unpaired) electrons. The second-order valence-corrected chi connectivity index (χ2v) is 6.22. The van der Waals surface area contributed by atoms with E-state index >= 15 is 0 Å². The summed E-state index contributed by atoms with van der Waals surface area (Å²) in [6, 6.07) is 9.18. The molecule has 1 saturated heterocycles. The van der Waals surface area contributed by atoms with Crippen LogP contribution in [0.15, 0.2) is 24.3 Å². The van der Waals surface area contributed by atoms with Crippen molar-refractivity contribution in [3.63, 3.8) is 0 Å². The molecule has 0 bridgehead atoms. The van der Waals surface area contributed by atoms with Crippen LogP contribution in [0.4, 0.5) is 0 Å². The van der Waals surface area contributed by atoms with Crippen LogP contribution in [0.3, 0.4) is 0 Å². The smallest absolute Gasteiger partial charge is 0.0471 e. The molecular formula is C17H27NO. The summed E-state index contributed by atoms with van der Waals surface area (Å²) in [4.78, 5) is 0. The summed E-state index contributed by atoms with van der Waals surface area (Å²) in [7, 11) is 2.05. The molecular weight excluding hydrogens is 234 g/mol. The first-order valence-electron chi connectivity index (χ1n) is 7.46. The van der Waals surface area contributed by atoms with Crippen LogP contribution in [-0.2, 0) is 11.2 Å². The van der Waals surface area contributed by atoms with Gasteiger partial charge in [-0.2, -0.15) is 0 Å². The van der Waals surface area contributed by atoms with E-state index in [0.717, 1.165) is 26.2 Å². The first-order chi connectivity index (χ1) is 9.15. The third-order valence-electron chi connectivity index (χ3n) is 4.33. The summed E-state index contributed by atoms with van der Waals surface area (Å²) in [6.45, 7) is 7.39. The third kappa shape index (κ3) is 3.80. The maximum atomic E-state index is 5.53. The van der Waals surface area contributed by atoms with Crippen molar-refractivity contribution in [3.05, 3.63) is 35.4 Å². The fraction of sp³-hybridized carbons (Fsp3) is 0.647. The van der Waals surface area contributed by atoms with Crippen molar-refractivity contribution < 1.29 is 4.74 Å². The second-order valence-electron chi connectivity index (χ2n) is 6.22. The van der Waals surface area contributed by atoms with Crippen molar-refractivity contribution in [3.8, 4) is 0 Å². The number of hydrogen-bond acceptors (Lipinski definition) is 2. The van der Waals surface area contributed by atoms with Crippen LogP contribution < -0.4 is 5.32 Å². The van der Waals surface area contributed by atoms with Crippen LogP contribution in [0.25, 0.3) is 0 Å². The van der Waals surface area contributed by atoms with Gasteiger partial charge in [0.1, 0.15) is 0 Å². The predicted octanol–water partition coefficient (Wildman–Crippen LogP) is 3.37. The van der Waals surface area contributed by atoms with E-state index < -0.39 is 0 Å². The van der Waals surface area contributed by atoms with Crippen molar-refractivity contribution in [2.24, 2.45) is 5.41 Å². The molecule has 1 heterocycles. The Balaban J connectivity index is 2.08. The third-order valence-corrected chi connectivity index (χ3v) is 4.33. The largest absolute Gasteiger partial charge is 0.381 e. The Morgan fingerprint density at radius 2 is 1.79 bits per heavy atom. The lowest BCUT2D eigenvalue weighted by atomic mass is 9.75. The van der Waals surface area contributed by atoms with Gasteiger partial charge in [-0.1, -0.05) is 38.1 Å². The van der Waals surface area contributed by atoms with Crippen molar-refractivity contribution in [2.45, 2.75) is 39.0 Å².